The maximum Gasteiger partial charge on any atom is 0.408 e. The van der Waals surface area contributed by atoms with E-state index in [0.717, 1.165) is 5.56 Å². The lowest BCUT2D eigenvalue weighted by Gasteiger charge is -2.33. The molecule has 0 spiro atoms. The molecule has 0 saturated heterocycles. The Balaban J connectivity index is 2.46. The van der Waals surface area contributed by atoms with Crippen molar-refractivity contribution in [2.75, 3.05) is 24.7 Å². The summed E-state index contributed by atoms with van der Waals surface area (Å²) in [7, 11) is 1.55. The zero-order valence-electron chi connectivity index (χ0n) is 21.7. The number of anilines is 1. The van der Waals surface area contributed by atoms with Gasteiger partial charge in [0.2, 0.25) is 5.91 Å². The lowest BCUT2D eigenvalue weighted by Crippen LogP contribution is -2.53. The Kier molecular flexibility index (Phi) is 10.8. The largest absolute Gasteiger partial charge is 0.497 e. The fourth-order valence-corrected chi connectivity index (χ4v) is 3.76. The smallest absolute Gasteiger partial charge is 0.408 e. The number of amides is 3. The van der Waals surface area contributed by atoms with Crippen LogP contribution in [0, 0.1) is 0 Å². The van der Waals surface area contributed by atoms with Crippen LogP contribution in [-0.2, 0) is 14.3 Å². The first-order valence-electron chi connectivity index (χ1n) is 11.7. The molecule has 0 aromatic heterocycles. The molecule has 0 aliphatic rings. The predicted octanol–water partition coefficient (Wildman–Crippen LogP) is 4.86. The molecule has 2 aromatic carbocycles. The van der Waals surface area contributed by atoms with Crippen LogP contribution >= 0.6 is 12.6 Å². The highest BCUT2D eigenvalue weighted by Crippen LogP contribution is 2.26. The Labute approximate surface area is 224 Å². The number of carbonyl (C=O) groups is 3. The van der Waals surface area contributed by atoms with Gasteiger partial charge in [-0.2, -0.15) is 12.6 Å². The number of hydrogen-bond acceptors (Lipinski definition) is 6. The molecule has 2 aromatic rings. The number of rotatable bonds is 11. The van der Waals surface area contributed by atoms with Gasteiger partial charge in [-0.3, -0.25) is 9.59 Å². The van der Waals surface area contributed by atoms with Gasteiger partial charge in [0, 0.05) is 18.0 Å². The summed E-state index contributed by atoms with van der Waals surface area (Å²) < 4.78 is 10.5. The summed E-state index contributed by atoms with van der Waals surface area (Å²) in [5.74, 6) is -0.330. The second kappa shape index (κ2) is 13.5. The highest BCUT2D eigenvalue weighted by Gasteiger charge is 2.35. The van der Waals surface area contributed by atoms with Gasteiger partial charge in [0.05, 0.1) is 7.11 Å². The molecule has 0 bridgehead atoms. The zero-order chi connectivity index (χ0) is 27.6. The van der Waals surface area contributed by atoms with Gasteiger partial charge in [0.1, 0.15) is 23.4 Å². The van der Waals surface area contributed by atoms with E-state index in [0.29, 0.717) is 17.0 Å². The van der Waals surface area contributed by atoms with E-state index in [4.69, 9.17) is 9.47 Å². The molecule has 0 aliphatic heterocycles. The van der Waals surface area contributed by atoms with E-state index < -0.39 is 35.6 Å². The molecule has 0 heterocycles. The van der Waals surface area contributed by atoms with Crippen molar-refractivity contribution < 1.29 is 23.9 Å². The predicted molar refractivity (Wildman–Crippen MR) is 150 cm³/mol. The molecule has 0 radical (unpaired) electrons. The molecule has 2 atom stereocenters. The van der Waals surface area contributed by atoms with Crippen LogP contribution in [0.5, 0.6) is 5.75 Å². The summed E-state index contributed by atoms with van der Waals surface area (Å²) in [6.45, 7) is 12.8. The number of ether oxygens (including phenoxy) is 2. The van der Waals surface area contributed by atoms with Crippen LogP contribution in [0.3, 0.4) is 0 Å². The van der Waals surface area contributed by atoms with Gasteiger partial charge in [-0.15, -0.1) is 6.58 Å². The number of alkyl carbamates (subject to hydrolysis) is 1. The van der Waals surface area contributed by atoms with E-state index in [9.17, 15) is 14.4 Å². The Hall–Kier alpha value is -3.72. The molecule has 0 saturated carbocycles. The number of methoxy groups -OCH3 is 1. The first kappa shape index (κ1) is 29.5. The maximum atomic E-state index is 13.7. The molecule has 0 fully saturated rings. The third-order valence-corrected chi connectivity index (χ3v) is 5.53. The highest BCUT2D eigenvalue weighted by molar-refractivity contribution is 7.80. The fourth-order valence-electron chi connectivity index (χ4n) is 3.51. The van der Waals surface area contributed by atoms with Crippen LogP contribution in [0.25, 0.3) is 6.08 Å². The lowest BCUT2D eigenvalue weighted by atomic mass is 10.0. The molecule has 2 rings (SSSR count). The van der Waals surface area contributed by atoms with Gasteiger partial charge < -0.3 is 25.0 Å². The standard InChI is InChI=1S/C28H35N3O5S/c1-7-16-31(26(33)23(18-37)30-27(34)36-28(3,4)5)24(20-11-9-10-19(8-2)17-20)25(32)29-21-12-14-22(35-6)15-13-21/h7-15,17,23-24,37H,1-2,16,18H2,3-6H3,(H,29,32)(H,30,34). The lowest BCUT2D eigenvalue weighted by molar-refractivity contribution is -0.139. The van der Waals surface area contributed by atoms with Gasteiger partial charge in [-0.1, -0.05) is 36.9 Å². The van der Waals surface area contributed by atoms with Crippen LogP contribution in [-0.4, -0.2) is 53.9 Å². The summed E-state index contributed by atoms with van der Waals surface area (Å²) in [5.41, 5.74) is 1.12. The molecular weight excluding hydrogens is 490 g/mol. The minimum atomic E-state index is -1.05. The third kappa shape index (κ3) is 8.71. The van der Waals surface area contributed by atoms with E-state index in [1.807, 2.05) is 6.07 Å². The minimum Gasteiger partial charge on any atom is -0.497 e. The summed E-state index contributed by atoms with van der Waals surface area (Å²) in [6, 6.07) is 11.9. The Morgan fingerprint density at radius 2 is 1.78 bits per heavy atom. The van der Waals surface area contributed by atoms with E-state index >= 15 is 0 Å². The van der Waals surface area contributed by atoms with E-state index in [1.165, 1.54) is 11.0 Å². The van der Waals surface area contributed by atoms with E-state index in [1.54, 1.807) is 76.4 Å². The fraction of sp³-hybridized carbons (Fsp3) is 0.321. The number of nitrogens with zero attached hydrogens (tertiary/aromatic N) is 1. The molecule has 37 heavy (non-hydrogen) atoms. The normalized spacial score (nSPS) is 12.5. The zero-order valence-corrected chi connectivity index (χ0v) is 22.6. The summed E-state index contributed by atoms with van der Waals surface area (Å²) in [5, 5.41) is 5.44. The average Bonchev–Trinajstić information content (AvgIpc) is 2.86. The molecule has 2 N–H and O–H groups in total. The Morgan fingerprint density at radius 3 is 2.32 bits per heavy atom. The number of nitrogens with one attached hydrogen (secondary N) is 2. The number of benzene rings is 2. The number of thiol groups is 1. The van der Waals surface area contributed by atoms with E-state index in [2.05, 4.69) is 36.4 Å². The van der Waals surface area contributed by atoms with Crippen molar-refractivity contribution in [1.29, 1.82) is 0 Å². The van der Waals surface area contributed by atoms with Gasteiger partial charge in [0.15, 0.2) is 0 Å². The SMILES string of the molecule is C=CCN(C(=O)C(CS)NC(=O)OC(C)(C)C)C(C(=O)Nc1ccc(OC)cc1)c1cccc(C=C)c1. The van der Waals surface area contributed by atoms with Crippen molar-refractivity contribution in [3.63, 3.8) is 0 Å². The quantitative estimate of drug-likeness (QED) is 0.288. The van der Waals surface area contributed by atoms with Crippen molar-refractivity contribution >= 4 is 42.3 Å². The summed E-state index contributed by atoms with van der Waals surface area (Å²) in [6.07, 6.45) is 2.42. The first-order chi connectivity index (χ1) is 17.5. The van der Waals surface area contributed by atoms with Gasteiger partial charge in [0.25, 0.3) is 5.91 Å². The molecule has 198 valence electrons. The van der Waals surface area contributed by atoms with Gasteiger partial charge >= 0.3 is 6.09 Å². The van der Waals surface area contributed by atoms with Crippen molar-refractivity contribution in [3.05, 3.63) is 78.9 Å². The average molecular weight is 526 g/mol. The Bertz CT molecular complexity index is 1110. The van der Waals surface area contributed by atoms with Crippen LogP contribution in [0.15, 0.2) is 67.8 Å². The molecule has 2 unspecified atom stereocenters. The van der Waals surface area contributed by atoms with Crippen LogP contribution < -0.4 is 15.4 Å². The second-order valence-corrected chi connectivity index (χ2v) is 9.52. The minimum absolute atomic E-state index is 0.00870. The molecule has 9 heteroatoms. The van der Waals surface area contributed by atoms with Crippen LogP contribution in [0.4, 0.5) is 10.5 Å². The third-order valence-electron chi connectivity index (χ3n) is 5.16. The summed E-state index contributed by atoms with van der Waals surface area (Å²) in [4.78, 5) is 41.2. The second-order valence-electron chi connectivity index (χ2n) is 9.16. The highest BCUT2D eigenvalue weighted by atomic mass is 32.1. The maximum absolute atomic E-state index is 13.7. The molecular formula is C28H35N3O5S. The van der Waals surface area contributed by atoms with Crippen molar-refractivity contribution in [2.45, 2.75) is 38.5 Å². The summed E-state index contributed by atoms with van der Waals surface area (Å²) >= 11 is 4.27. The molecule has 0 aliphatic carbocycles. The van der Waals surface area contributed by atoms with Gasteiger partial charge in [-0.25, -0.2) is 4.79 Å². The monoisotopic (exact) mass is 525 g/mol. The Morgan fingerprint density at radius 1 is 1.11 bits per heavy atom. The molecule has 8 nitrogen and oxygen atoms in total. The molecule has 3 amide bonds. The van der Waals surface area contributed by atoms with Crippen molar-refractivity contribution in [2.24, 2.45) is 0 Å². The number of carbonyl (C=O) groups excluding carboxylic acids is 3. The number of hydrogen-bond donors (Lipinski definition) is 3. The van der Waals surface area contributed by atoms with Crippen molar-refractivity contribution in [3.8, 4) is 5.75 Å². The van der Waals surface area contributed by atoms with Crippen LogP contribution in [0.1, 0.15) is 37.9 Å². The van der Waals surface area contributed by atoms with Gasteiger partial charge in [-0.05, 0) is 62.2 Å². The van der Waals surface area contributed by atoms with E-state index in [-0.39, 0.29) is 12.3 Å². The van der Waals surface area contributed by atoms with Crippen molar-refractivity contribution in [1.82, 2.24) is 10.2 Å². The van der Waals surface area contributed by atoms with Crippen LogP contribution in [0.2, 0.25) is 0 Å². The topological polar surface area (TPSA) is 97.0 Å². The first-order valence-corrected chi connectivity index (χ1v) is 12.3.